The second kappa shape index (κ2) is 37.1. The van der Waals surface area contributed by atoms with Crippen LogP contribution in [0.25, 0.3) is 0 Å². The zero-order valence-electron chi connectivity index (χ0n) is 33.3. The third-order valence-electron chi connectivity index (χ3n) is 8.28. The highest BCUT2D eigenvalue weighted by Crippen LogP contribution is 2.43. The van der Waals surface area contributed by atoms with Crippen LogP contribution in [0.5, 0.6) is 0 Å². The Morgan fingerprint density at radius 2 is 1.04 bits per heavy atom. The molecule has 4 N–H and O–H groups in total. The maximum Gasteiger partial charge on any atom is 0.472 e. The fourth-order valence-corrected chi connectivity index (χ4v) is 5.87. The Bertz CT molecular complexity index is 1150. The Morgan fingerprint density at radius 3 is 1.56 bits per heavy atom. The predicted octanol–water partition coefficient (Wildman–Crippen LogP) is 10.4. The molecule has 0 heterocycles. The van der Waals surface area contributed by atoms with Crippen LogP contribution in [-0.4, -0.2) is 59.9 Å². The Labute approximate surface area is 326 Å². The average molecular weight is 782 g/mol. The maximum atomic E-state index is 12.6. The fourth-order valence-electron chi connectivity index (χ4n) is 5.09. The number of carbonyl (C=O) groups excluding carboxylic acids is 2. The number of rotatable bonds is 37. The van der Waals surface area contributed by atoms with Crippen molar-refractivity contribution >= 4 is 25.7 Å². The minimum Gasteiger partial charge on any atom is -0.480 e. The molecule has 0 aromatic carbocycles. The number of esters is 2. The van der Waals surface area contributed by atoms with Crippen LogP contribution in [0, 0.1) is 0 Å². The standard InChI is InChI=1S/C42H72NO10P/c1-3-5-7-9-11-13-15-16-17-18-19-20-21-22-24-25-27-29-31-33-40(44)50-35-38(36-51-54(48,49)52-37-39(43)42(46)47)53-41(45)34-32-30-28-26-23-14-12-10-8-6-4-2/h5,7,11,13,16-17,19-20,22,24,38-39H,3-4,6,8-10,12,14-15,18,21,23,25-37,43H2,1-2H3,(H,46,47)(H,48,49)/b7-5-,13-11-,17-16-,20-19-,24-22-/t38-,39+/m1/s1. The minimum atomic E-state index is -4.72. The van der Waals surface area contributed by atoms with Gasteiger partial charge in [-0.1, -0.05) is 145 Å². The van der Waals surface area contributed by atoms with Gasteiger partial charge in [0, 0.05) is 12.8 Å². The molecule has 0 aromatic rings. The summed E-state index contributed by atoms with van der Waals surface area (Å²) in [6, 6.07) is -1.53. The van der Waals surface area contributed by atoms with Crippen LogP contribution in [0.1, 0.15) is 155 Å². The maximum absolute atomic E-state index is 12.6. The van der Waals surface area contributed by atoms with Gasteiger partial charge in [-0.2, -0.15) is 0 Å². The molecule has 12 heteroatoms. The van der Waals surface area contributed by atoms with Crippen molar-refractivity contribution in [3.63, 3.8) is 0 Å². The Morgan fingerprint density at radius 1 is 0.593 bits per heavy atom. The first kappa shape index (κ1) is 51.2. The average Bonchev–Trinajstić information content (AvgIpc) is 3.14. The number of ether oxygens (including phenoxy) is 2. The van der Waals surface area contributed by atoms with E-state index >= 15 is 0 Å². The molecule has 0 aliphatic carbocycles. The molecule has 0 bridgehead atoms. The van der Waals surface area contributed by atoms with E-state index in [9.17, 15) is 23.8 Å². The number of hydrogen-bond acceptors (Lipinski definition) is 9. The van der Waals surface area contributed by atoms with E-state index in [0.29, 0.717) is 12.8 Å². The summed E-state index contributed by atoms with van der Waals surface area (Å²) in [5.74, 6) is -2.43. The minimum absolute atomic E-state index is 0.153. The Hall–Kier alpha value is -2.82. The van der Waals surface area contributed by atoms with E-state index in [0.717, 1.165) is 70.6 Å². The normalized spacial score (nSPS) is 14.4. The van der Waals surface area contributed by atoms with Crippen molar-refractivity contribution in [3.05, 3.63) is 60.8 Å². The van der Waals surface area contributed by atoms with Crippen LogP contribution >= 0.6 is 7.82 Å². The smallest absolute Gasteiger partial charge is 0.472 e. The topological polar surface area (TPSA) is 172 Å². The number of carboxylic acid groups (broad SMARTS) is 1. The predicted molar refractivity (Wildman–Crippen MR) is 217 cm³/mol. The summed E-state index contributed by atoms with van der Waals surface area (Å²) in [5.41, 5.74) is 5.32. The molecule has 310 valence electrons. The summed E-state index contributed by atoms with van der Waals surface area (Å²) in [7, 11) is -4.72. The van der Waals surface area contributed by atoms with Gasteiger partial charge in [0.05, 0.1) is 13.2 Å². The van der Waals surface area contributed by atoms with Gasteiger partial charge in [0.2, 0.25) is 0 Å². The lowest BCUT2D eigenvalue weighted by Gasteiger charge is -2.20. The van der Waals surface area contributed by atoms with Gasteiger partial charge < -0.3 is 25.2 Å². The van der Waals surface area contributed by atoms with Crippen LogP contribution in [0.15, 0.2) is 60.8 Å². The molecular weight excluding hydrogens is 709 g/mol. The number of hydrogen-bond donors (Lipinski definition) is 3. The molecule has 0 rings (SSSR count). The third-order valence-corrected chi connectivity index (χ3v) is 9.23. The van der Waals surface area contributed by atoms with Gasteiger partial charge in [-0.15, -0.1) is 0 Å². The van der Waals surface area contributed by atoms with Gasteiger partial charge in [0.1, 0.15) is 12.6 Å². The second-order valence-electron chi connectivity index (χ2n) is 13.4. The molecular formula is C42H72NO10P. The van der Waals surface area contributed by atoms with E-state index < -0.39 is 51.1 Å². The van der Waals surface area contributed by atoms with Crippen molar-refractivity contribution in [3.8, 4) is 0 Å². The van der Waals surface area contributed by atoms with Gasteiger partial charge >= 0.3 is 25.7 Å². The first-order valence-electron chi connectivity index (χ1n) is 20.3. The number of nitrogens with two attached hydrogens (primary N) is 1. The quantitative estimate of drug-likeness (QED) is 0.0237. The molecule has 0 fully saturated rings. The fraction of sp³-hybridized carbons (Fsp3) is 0.690. The monoisotopic (exact) mass is 781 g/mol. The molecule has 0 aliphatic heterocycles. The SMILES string of the molecule is CC/C=C\C/C=C\C/C=C\C/C=C\C/C=C\CCCCCC(=O)OC[C@H](COP(=O)(O)OC[C@H](N)C(=O)O)OC(=O)CCCCCCCCCCCCC. The summed E-state index contributed by atoms with van der Waals surface area (Å²) in [6.45, 7) is 2.62. The molecule has 0 saturated carbocycles. The summed E-state index contributed by atoms with van der Waals surface area (Å²) in [5, 5.41) is 8.87. The van der Waals surface area contributed by atoms with Crippen molar-refractivity contribution in [1.82, 2.24) is 0 Å². The first-order chi connectivity index (χ1) is 26.1. The Kier molecular flexibility index (Phi) is 35.2. The molecule has 0 saturated heterocycles. The molecule has 0 radical (unpaired) electrons. The van der Waals surface area contributed by atoms with E-state index in [2.05, 4.69) is 79.1 Å². The molecule has 0 spiro atoms. The van der Waals surface area contributed by atoms with Crippen LogP contribution in [0.4, 0.5) is 0 Å². The van der Waals surface area contributed by atoms with Crippen LogP contribution in [0.3, 0.4) is 0 Å². The molecule has 1 unspecified atom stereocenters. The number of allylic oxidation sites excluding steroid dienone is 10. The molecule has 54 heavy (non-hydrogen) atoms. The van der Waals surface area contributed by atoms with E-state index in [1.165, 1.54) is 44.9 Å². The van der Waals surface area contributed by atoms with Crippen LogP contribution in [0.2, 0.25) is 0 Å². The number of phosphoric acid groups is 1. The van der Waals surface area contributed by atoms with Gasteiger partial charge in [-0.3, -0.25) is 23.4 Å². The van der Waals surface area contributed by atoms with Crippen LogP contribution < -0.4 is 5.73 Å². The molecule has 3 atom stereocenters. The van der Waals surface area contributed by atoms with Crippen molar-refractivity contribution in [2.75, 3.05) is 19.8 Å². The van der Waals surface area contributed by atoms with Gasteiger partial charge in [-0.25, -0.2) is 4.57 Å². The first-order valence-corrected chi connectivity index (χ1v) is 21.8. The molecule has 11 nitrogen and oxygen atoms in total. The third kappa shape index (κ3) is 36.2. The van der Waals surface area contributed by atoms with Crippen molar-refractivity contribution in [1.29, 1.82) is 0 Å². The largest absolute Gasteiger partial charge is 0.480 e. The summed E-state index contributed by atoms with van der Waals surface area (Å²) >= 11 is 0. The summed E-state index contributed by atoms with van der Waals surface area (Å²) < 4.78 is 32.6. The number of carboxylic acids is 1. The van der Waals surface area contributed by atoms with Crippen LogP contribution in [-0.2, 0) is 37.5 Å². The Balaban J connectivity index is 4.44. The number of carbonyl (C=O) groups is 3. The summed E-state index contributed by atoms with van der Waals surface area (Å²) in [4.78, 5) is 45.8. The molecule has 0 aliphatic rings. The molecule has 0 amide bonds. The highest BCUT2D eigenvalue weighted by Gasteiger charge is 2.28. The lowest BCUT2D eigenvalue weighted by atomic mass is 10.1. The number of phosphoric ester groups is 1. The van der Waals surface area contributed by atoms with Gasteiger partial charge in [0.15, 0.2) is 6.10 Å². The second-order valence-corrected chi connectivity index (χ2v) is 14.8. The van der Waals surface area contributed by atoms with Gasteiger partial charge in [0.25, 0.3) is 0 Å². The van der Waals surface area contributed by atoms with Gasteiger partial charge in [-0.05, 0) is 57.8 Å². The number of aliphatic carboxylic acids is 1. The lowest BCUT2D eigenvalue weighted by Crippen LogP contribution is -2.34. The van der Waals surface area contributed by atoms with E-state index in [1.807, 2.05) is 0 Å². The van der Waals surface area contributed by atoms with E-state index in [1.54, 1.807) is 0 Å². The highest BCUT2D eigenvalue weighted by molar-refractivity contribution is 7.47. The number of unbranched alkanes of at least 4 members (excludes halogenated alkanes) is 13. The lowest BCUT2D eigenvalue weighted by molar-refractivity contribution is -0.161. The van der Waals surface area contributed by atoms with Crippen molar-refractivity contribution in [2.45, 2.75) is 167 Å². The zero-order chi connectivity index (χ0) is 40.0. The van der Waals surface area contributed by atoms with E-state index in [4.69, 9.17) is 24.8 Å². The van der Waals surface area contributed by atoms with Crippen molar-refractivity contribution in [2.24, 2.45) is 5.73 Å². The van der Waals surface area contributed by atoms with Crippen molar-refractivity contribution < 1.29 is 47.5 Å². The highest BCUT2D eigenvalue weighted by atomic mass is 31.2. The van der Waals surface area contributed by atoms with E-state index in [-0.39, 0.29) is 19.4 Å². The zero-order valence-corrected chi connectivity index (χ0v) is 34.2. The molecule has 0 aromatic heterocycles. The summed E-state index contributed by atoms with van der Waals surface area (Å²) in [6.07, 6.45) is 41.5.